The summed E-state index contributed by atoms with van der Waals surface area (Å²) in [5.74, 6) is 2.81. The number of fused-ring (bicyclic) bond motifs is 1. The minimum atomic E-state index is -0.136. The van der Waals surface area contributed by atoms with Gasteiger partial charge in [0.2, 0.25) is 0 Å². The highest BCUT2D eigenvalue weighted by Gasteiger charge is 2.21. The topological polar surface area (TPSA) is 84.4 Å². The van der Waals surface area contributed by atoms with Crippen LogP contribution in [0.4, 0.5) is 0 Å². The lowest BCUT2D eigenvalue weighted by molar-refractivity contribution is 0.0954. The molecular formula is C23H30N4O4. The lowest BCUT2D eigenvalue weighted by Gasteiger charge is -2.32. The van der Waals surface area contributed by atoms with E-state index < -0.39 is 0 Å². The quantitative estimate of drug-likeness (QED) is 0.401. The van der Waals surface area contributed by atoms with E-state index in [1.165, 1.54) is 11.1 Å². The Kier molecular flexibility index (Phi) is 7.59. The number of rotatable bonds is 7. The van der Waals surface area contributed by atoms with E-state index >= 15 is 0 Å². The van der Waals surface area contributed by atoms with Crippen molar-refractivity contribution in [3.8, 4) is 17.2 Å². The Morgan fingerprint density at radius 2 is 1.71 bits per heavy atom. The number of benzene rings is 2. The molecule has 3 rings (SSSR count). The highest BCUT2D eigenvalue weighted by molar-refractivity contribution is 5.94. The molecule has 0 aliphatic carbocycles. The zero-order valence-electron chi connectivity index (χ0n) is 18.5. The van der Waals surface area contributed by atoms with Crippen molar-refractivity contribution in [1.29, 1.82) is 0 Å². The summed E-state index contributed by atoms with van der Waals surface area (Å²) in [5.41, 5.74) is 3.02. The van der Waals surface area contributed by atoms with Crippen LogP contribution in [-0.4, -0.2) is 64.8 Å². The van der Waals surface area contributed by atoms with Gasteiger partial charge in [0.15, 0.2) is 17.5 Å². The second-order valence-corrected chi connectivity index (χ2v) is 7.11. The molecule has 31 heavy (non-hydrogen) atoms. The molecule has 0 saturated heterocycles. The molecule has 1 aliphatic heterocycles. The van der Waals surface area contributed by atoms with Crippen molar-refractivity contribution in [3.05, 3.63) is 53.1 Å². The van der Waals surface area contributed by atoms with E-state index in [-0.39, 0.29) is 5.91 Å². The number of ether oxygens (including phenoxy) is 3. The van der Waals surface area contributed by atoms with Gasteiger partial charge in [0.1, 0.15) is 5.75 Å². The van der Waals surface area contributed by atoms with Gasteiger partial charge in [-0.3, -0.25) is 9.79 Å². The molecule has 8 nitrogen and oxygen atoms in total. The van der Waals surface area contributed by atoms with Crippen molar-refractivity contribution in [2.45, 2.75) is 13.0 Å². The molecule has 0 fully saturated rings. The number of methoxy groups -OCH3 is 3. The molecule has 2 N–H and O–H groups in total. The van der Waals surface area contributed by atoms with E-state index in [1.54, 1.807) is 46.6 Å². The highest BCUT2D eigenvalue weighted by Crippen LogP contribution is 2.33. The van der Waals surface area contributed by atoms with Gasteiger partial charge in [0.25, 0.3) is 5.91 Å². The summed E-state index contributed by atoms with van der Waals surface area (Å²) < 4.78 is 16.0. The maximum Gasteiger partial charge on any atom is 0.251 e. The summed E-state index contributed by atoms with van der Waals surface area (Å²) in [6.45, 7) is 2.62. The molecule has 0 saturated carbocycles. The fourth-order valence-electron chi connectivity index (χ4n) is 3.61. The van der Waals surface area contributed by atoms with Gasteiger partial charge in [-0.25, -0.2) is 0 Å². The minimum absolute atomic E-state index is 0.136. The van der Waals surface area contributed by atoms with Gasteiger partial charge in [-0.15, -0.1) is 0 Å². The Labute approximate surface area is 183 Å². The molecule has 2 aromatic rings. The lowest BCUT2D eigenvalue weighted by Crippen LogP contribution is -2.46. The third-order valence-corrected chi connectivity index (χ3v) is 5.25. The second kappa shape index (κ2) is 10.6. The number of aliphatic imine (C=N–C) groups is 1. The summed E-state index contributed by atoms with van der Waals surface area (Å²) in [5, 5.41) is 6.25. The number of amides is 1. The van der Waals surface area contributed by atoms with Crippen molar-refractivity contribution >= 4 is 11.9 Å². The average Bonchev–Trinajstić information content (AvgIpc) is 2.82. The van der Waals surface area contributed by atoms with E-state index in [0.717, 1.165) is 37.0 Å². The number of hydrogen-bond donors (Lipinski definition) is 2. The van der Waals surface area contributed by atoms with Crippen LogP contribution >= 0.6 is 0 Å². The van der Waals surface area contributed by atoms with Crippen molar-refractivity contribution in [3.63, 3.8) is 0 Å². The molecule has 0 spiro atoms. The molecule has 8 heteroatoms. The largest absolute Gasteiger partial charge is 0.497 e. The number of nitrogens with one attached hydrogen (secondary N) is 2. The third kappa shape index (κ3) is 5.39. The van der Waals surface area contributed by atoms with Crippen LogP contribution < -0.4 is 24.8 Å². The number of hydrogen-bond acceptors (Lipinski definition) is 5. The van der Waals surface area contributed by atoms with Crippen LogP contribution in [0.25, 0.3) is 0 Å². The molecule has 0 aromatic heterocycles. The van der Waals surface area contributed by atoms with Gasteiger partial charge >= 0.3 is 0 Å². The molecule has 0 atom stereocenters. The molecule has 166 valence electrons. The predicted molar refractivity (Wildman–Crippen MR) is 120 cm³/mol. The van der Waals surface area contributed by atoms with Gasteiger partial charge < -0.3 is 29.7 Å². The molecule has 1 amide bonds. The third-order valence-electron chi connectivity index (χ3n) is 5.25. The van der Waals surface area contributed by atoms with Crippen LogP contribution in [0.5, 0.6) is 17.2 Å². The Balaban J connectivity index is 1.53. The first-order valence-corrected chi connectivity index (χ1v) is 10.2. The lowest BCUT2D eigenvalue weighted by atomic mass is 9.99. The Bertz CT molecular complexity index is 945. The van der Waals surface area contributed by atoms with E-state index in [2.05, 4.69) is 26.6 Å². The maximum absolute atomic E-state index is 12.3. The molecule has 1 aliphatic rings. The van der Waals surface area contributed by atoms with Crippen LogP contribution in [0.3, 0.4) is 0 Å². The van der Waals surface area contributed by atoms with Gasteiger partial charge in [-0.2, -0.15) is 0 Å². The average molecular weight is 427 g/mol. The van der Waals surface area contributed by atoms with Crippen molar-refractivity contribution in [1.82, 2.24) is 15.5 Å². The number of carbonyl (C=O) groups is 1. The molecular weight excluding hydrogens is 396 g/mol. The van der Waals surface area contributed by atoms with E-state index in [0.29, 0.717) is 24.4 Å². The zero-order valence-corrected chi connectivity index (χ0v) is 18.5. The SMILES string of the molecule is CN=C(NCCNC(=O)c1cccc(OC)c1)N1CCc2cc(OC)c(OC)cc2C1. The molecule has 0 bridgehead atoms. The first-order chi connectivity index (χ1) is 15.1. The molecule has 0 unspecified atom stereocenters. The van der Waals surface area contributed by atoms with Gasteiger partial charge in [0.05, 0.1) is 21.3 Å². The minimum Gasteiger partial charge on any atom is -0.497 e. The van der Waals surface area contributed by atoms with Gasteiger partial charge in [0, 0.05) is 38.8 Å². The first-order valence-electron chi connectivity index (χ1n) is 10.2. The van der Waals surface area contributed by atoms with E-state index in [1.807, 2.05) is 12.1 Å². The number of carbonyl (C=O) groups excluding carboxylic acids is 1. The van der Waals surface area contributed by atoms with Crippen molar-refractivity contribution in [2.75, 3.05) is 48.0 Å². The summed E-state index contributed by atoms with van der Waals surface area (Å²) in [4.78, 5) is 18.9. The maximum atomic E-state index is 12.3. The van der Waals surface area contributed by atoms with Crippen LogP contribution in [-0.2, 0) is 13.0 Å². The van der Waals surface area contributed by atoms with Crippen LogP contribution in [0.15, 0.2) is 41.4 Å². The van der Waals surface area contributed by atoms with Crippen molar-refractivity contribution < 1.29 is 19.0 Å². The predicted octanol–water partition coefficient (Wildman–Crippen LogP) is 2.08. The fraction of sp³-hybridized carbons (Fsp3) is 0.391. The molecule has 0 radical (unpaired) electrons. The first kappa shape index (κ1) is 22.3. The molecule has 1 heterocycles. The second-order valence-electron chi connectivity index (χ2n) is 7.11. The smallest absolute Gasteiger partial charge is 0.251 e. The Morgan fingerprint density at radius 3 is 2.39 bits per heavy atom. The zero-order chi connectivity index (χ0) is 22.2. The summed E-state index contributed by atoms with van der Waals surface area (Å²) >= 11 is 0. The van der Waals surface area contributed by atoms with Gasteiger partial charge in [-0.1, -0.05) is 6.07 Å². The van der Waals surface area contributed by atoms with Crippen molar-refractivity contribution in [2.24, 2.45) is 4.99 Å². The normalized spacial score (nSPS) is 13.3. The standard InChI is InChI=1S/C23H30N4O4/c1-24-23(26-10-9-25-22(28)17-6-5-7-19(12-17)29-2)27-11-8-16-13-20(30-3)21(31-4)14-18(16)15-27/h5-7,12-14H,8-11,15H2,1-4H3,(H,24,26)(H,25,28). The number of guanidine groups is 1. The van der Waals surface area contributed by atoms with Crippen LogP contribution in [0.2, 0.25) is 0 Å². The van der Waals surface area contributed by atoms with Crippen LogP contribution in [0, 0.1) is 0 Å². The van der Waals surface area contributed by atoms with E-state index in [4.69, 9.17) is 14.2 Å². The number of nitrogens with zero attached hydrogens (tertiary/aromatic N) is 2. The Hall–Kier alpha value is -3.42. The van der Waals surface area contributed by atoms with E-state index in [9.17, 15) is 4.79 Å². The fourth-order valence-corrected chi connectivity index (χ4v) is 3.61. The summed E-state index contributed by atoms with van der Waals surface area (Å²) in [6, 6.07) is 11.2. The highest BCUT2D eigenvalue weighted by atomic mass is 16.5. The monoisotopic (exact) mass is 426 g/mol. The van der Waals surface area contributed by atoms with Crippen LogP contribution in [0.1, 0.15) is 21.5 Å². The van der Waals surface area contributed by atoms with Gasteiger partial charge in [-0.05, 0) is 47.9 Å². The molecule has 2 aromatic carbocycles. The summed E-state index contributed by atoms with van der Waals surface area (Å²) in [7, 11) is 6.64. The summed E-state index contributed by atoms with van der Waals surface area (Å²) in [6.07, 6.45) is 0.892. The Morgan fingerprint density at radius 1 is 1.00 bits per heavy atom.